The number of hydrogen-bond acceptors (Lipinski definition) is 3. The van der Waals surface area contributed by atoms with Crippen LogP contribution in [0, 0.1) is 0 Å². The molecule has 1 amide bonds. The average molecular weight is 285 g/mol. The van der Waals surface area contributed by atoms with Gasteiger partial charge in [0.2, 0.25) is 0 Å². The predicted molar refractivity (Wildman–Crippen MR) is 80.6 cm³/mol. The van der Waals surface area contributed by atoms with Gasteiger partial charge < -0.3 is 15.2 Å². The Morgan fingerprint density at radius 2 is 1.67 bits per heavy atom. The smallest absolute Gasteiger partial charge is 0.407 e. The van der Waals surface area contributed by atoms with E-state index in [2.05, 4.69) is 5.32 Å². The lowest BCUT2D eigenvalue weighted by molar-refractivity contribution is 0.133. The van der Waals surface area contributed by atoms with Gasteiger partial charge in [-0.05, 0) is 17.5 Å². The van der Waals surface area contributed by atoms with E-state index >= 15 is 0 Å². The summed E-state index contributed by atoms with van der Waals surface area (Å²) in [5, 5.41) is 12.6. The Bertz CT molecular complexity index is 542. The lowest BCUT2D eigenvalue weighted by Gasteiger charge is -2.11. The van der Waals surface area contributed by atoms with Gasteiger partial charge in [0, 0.05) is 6.54 Å². The Morgan fingerprint density at radius 1 is 1.05 bits per heavy atom. The molecule has 0 aliphatic rings. The minimum Gasteiger partial charge on any atom is -0.445 e. The molecule has 21 heavy (non-hydrogen) atoms. The van der Waals surface area contributed by atoms with Gasteiger partial charge in [-0.25, -0.2) is 4.79 Å². The number of alkyl carbamates (subject to hydrolysis) is 1. The molecule has 4 heteroatoms. The van der Waals surface area contributed by atoms with Crippen molar-refractivity contribution in [2.75, 3.05) is 6.54 Å². The molecule has 0 saturated carbocycles. The van der Waals surface area contributed by atoms with Gasteiger partial charge in [-0.2, -0.15) is 0 Å². The van der Waals surface area contributed by atoms with E-state index in [1.165, 1.54) is 0 Å². The first-order valence-electron chi connectivity index (χ1n) is 6.93. The van der Waals surface area contributed by atoms with Crippen LogP contribution in [-0.4, -0.2) is 17.7 Å². The fourth-order valence-corrected chi connectivity index (χ4v) is 1.93. The molecule has 0 bridgehead atoms. The van der Waals surface area contributed by atoms with Gasteiger partial charge in [-0.1, -0.05) is 60.7 Å². The van der Waals surface area contributed by atoms with Crippen LogP contribution >= 0.6 is 0 Å². The van der Waals surface area contributed by atoms with E-state index in [0.29, 0.717) is 13.0 Å². The van der Waals surface area contributed by atoms with Crippen LogP contribution in [0.4, 0.5) is 4.79 Å². The zero-order valence-corrected chi connectivity index (χ0v) is 11.7. The van der Waals surface area contributed by atoms with Crippen molar-refractivity contribution >= 4 is 6.09 Å². The average Bonchev–Trinajstić information content (AvgIpc) is 2.54. The van der Waals surface area contributed by atoms with Crippen LogP contribution in [0.25, 0.3) is 0 Å². The lowest BCUT2D eigenvalue weighted by atomic mass is 10.1. The third-order valence-corrected chi connectivity index (χ3v) is 3.08. The van der Waals surface area contributed by atoms with Crippen molar-refractivity contribution in [1.82, 2.24) is 5.32 Å². The molecule has 110 valence electrons. The monoisotopic (exact) mass is 285 g/mol. The zero-order chi connectivity index (χ0) is 14.9. The molecule has 0 radical (unpaired) electrons. The summed E-state index contributed by atoms with van der Waals surface area (Å²) in [7, 11) is 0. The second-order valence-corrected chi connectivity index (χ2v) is 4.70. The molecule has 0 aromatic heterocycles. The first kappa shape index (κ1) is 15.1. The highest BCUT2D eigenvalue weighted by atomic mass is 16.5. The highest BCUT2D eigenvalue weighted by molar-refractivity contribution is 5.67. The summed E-state index contributed by atoms with van der Waals surface area (Å²) in [4.78, 5) is 11.5. The molecule has 2 aromatic carbocycles. The van der Waals surface area contributed by atoms with Crippen LogP contribution in [0.1, 0.15) is 23.7 Å². The summed E-state index contributed by atoms with van der Waals surface area (Å²) in [5.74, 6) is 0. The maximum absolute atomic E-state index is 11.5. The Morgan fingerprint density at radius 3 is 2.33 bits per heavy atom. The van der Waals surface area contributed by atoms with Gasteiger partial charge in [-0.3, -0.25) is 0 Å². The van der Waals surface area contributed by atoms with Crippen molar-refractivity contribution in [1.29, 1.82) is 0 Å². The molecule has 1 atom stereocenters. The van der Waals surface area contributed by atoms with Crippen LogP contribution in [0.5, 0.6) is 0 Å². The van der Waals surface area contributed by atoms with Crippen LogP contribution in [0.15, 0.2) is 60.7 Å². The summed E-state index contributed by atoms with van der Waals surface area (Å²) < 4.78 is 5.08. The number of amides is 1. The molecule has 0 aliphatic carbocycles. The number of aliphatic hydroxyl groups is 1. The molecule has 2 rings (SSSR count). The number of carbonyl (C=O) groups is 1. The predicted octanol–water partition coefficient (Wildman–Crippen LogP) is 3.04. The van der Waals surface area contributed by atoms with E-state index in [-0.39, 0.29) is 6.61 Å². The van der Waals surface area contributed by atoms with Crippen molar-refractivity contribution in [3.8, 4) is 0 Å². The van der Waals surface area contributed by atoms with E-state index in [1.807, 2.05) is 60.7 Å². The lowest BCUT2D eigenvalue weighted by Crippen LogP contribution is -2.26. The normalized spacial score (nSPS) is 11.7. The number of nitrogens with one attached hydrogen (secondary N) is 1. The van der Waals surface area contributed by atoms with E-state index in [1.54, 1.807) is 0 Å². The third kappa shape index (κ3) is 5.28. The SMILES string of the molecule is O=C(NCCC(O)c1ccccc1)OCc1ccccc1. The maximum atomic E-state index is 11.5. The molecule has 0 saturated heterocycles. The molecular formula is C17H19NO3. The summed E-state index contributed by atoms with van der Waals surface area (Å²) >= 11 is 0. The second kappa shape index (κ2) is 8.07. The van der Waals surface area contributed by atoms with Gasteiger partial charge in [0.15, 0.2) is 0 Å². The van der Waals surface area contributed by atoms with Crippen molar-refractivity contribution in [3.63, 3.8) is 0 Å². The second-order valence-electron chi connectivity index (χ2n) is 4.70. The van der Waals surface area contributed by atoms with Gasteiger partial charge in [0.1, 0.15) is 6.61 Å². The summed E-state index contributed by atoms with van der Waals surface area (Å²) in [6.45, 7) is 0.609. The van der Waals surface area contributed by atoms with Gasteiger partial charge in [-0.15, -0.1) is 0 Å². The van der Waals surface area contributed by atoms with Crippen LogP contribution in [0.3, 0.4) is 0 Å². The van der Waals surface area contributed by atoms with Crippen molar-refractivity contribution < 1.29 is 14.6 Å². The van der Waals surface area contributed by atoms with Gasteiger partial charge >= 0.3 is 6.09 Å². The number of aliphatic hydroxyl groups excluding tert-OH is 1. The van der Waals surface area contributed by atoms with E-state index in [0.717, 1.165) is 11.1 Å². The summed E-state index contributed by atoms with van der Waals surface area (Å²) in [5.41, 5.74) is 1.79. The highest BCUT2D eigenvalue weighted by Crippen LogP contribution is 2.14. The molecule has 0 heterocycles. The van der Waals surface area contributed by atoms with Crippen molar-refractivity contribution in [2.45, 2.75) is 19.1 Å². The van der Waals surface area contributed by atoms with Gasteiger partial charge in [0.05, 0.1) is 6.10 Å². The fraction of sp³-hybridized carbons (Fsp3) is 0.235. The summed E-state index contributed by atoms with van der Waals surface area (Å²) in [6.07, 6.45) is -0.607. The quantitative estimate of drug-likeness (QED) is 0.857. The molecule has 4 nitrogen and oxygen atoms in total. The highest BCUT2D eigenvalue weighted by Gasteiger charge is 2.08. The Labute approximate surface area is 124 Å². The third-order valence-electron chi connectivity index (χ3n) is 3.08. The molecule has 0 aliphatic heterocycles. The van der Waals surface area contributed by atoms with E-state index in [9.17, 15) is 9.90 Å². The van der Waals surface area contributed by atoms with Crippen molar-refractivity contribution in [2.24, 2.45) is 0 Å². The molecule has 0 spiro atoms. The Kier molecular flexibility index (Phi) is 5.79. The number of carbonyl (C=O) groups excluding carboxylic acids is 1. The first-order valence-corrected chi connectivity index (χ1v) is 6.93. The summed E-state index contributed by atoms with van der Waals surface area (Å²) in [6, 6.07) is 18.9. The Balaban J connectivity index is 1.65. The fourth-order valence-electron chi connectivity index (χ4n) is 1.93. The molecule has 0 fully saturated rings. The topological polar surface area (TPSA) is 58.6 Å². The van der Waals surface area contributed by atoms with Crippen LogP contribution < -0.4 is 5.32 Å². The Hall–Kier alpha value is -2.33. The van der Waals surface area contributed by atoms with Crippen LogP contribution in [0.2, 0.25) is 0 Å². The molecule has 2 N–H and O–H groups in total. The number of hydrogen-bond donors (Lipinski definition) is 2. The molecule has 1 unspecified atom stereocenters. The van der Waals surface area contributed by atoms with Gasteiger partial charge in [0.25, 0.3) is 0 Å². The zero-order valence-electron chi connectivity index (χ0n) is 11.7. The number of rotatable bonds is 6. The minimum absolute atomic E-state index is 0.244. The molecule has 2 aromatic rings. The van der Waals surface area contributed by atoms with Crippen LogP contribution in [-0.2, 0) is 11.3 Å². The minimum atomic E-state index is -0.583. The standard InChI is InChI=1S/C17H19NO3/c19-16(15-9-5-2-6-10-15)11-12-18-17(20)21-13-14-7-3-1-4-8-14/h1-10,16,19H,11-13H2,(H,18,20). The number of benzene rings is 2. The van der Waals surface area contributed by atoms with E-state index in [4.69, 9.17) is 4.74 Å². The maximum Gasteiger partial charge on any atom is 0.407 e. The first-order chi connectivity index (χ1) is 10.3. The molecular weight excluding hydrogens is 266 g/mol. The largest absolute Gasteiger partial charge is 0.445 e. The van der Waals surface area contributed by atoms with Crippen molar-refractivity contribution in [3.05, 3.63) is 71.8 Å². The number of ether oxygens (including phenoxy) is 1. The van der Waals surface area contributed by atoms with E-state index < -0.39 is 12.2 Å².